The fraction of sp³-hybridized carbons (Fsp3) is 0. The number of aromatic nitrogens is 3. The highest BCUT2D eigenvalue weighted by Crippen LogP contribution is 2.29. The molecular formula is C27H19Cl2N5O2S. The third kappa shape index (κ3) is 5.72. The van der Waals surface area contributed by atoms with Gasteiger partial charge in [0.15, 0.2) is 0 Å². The second-order valence-corrected chi connectivity index (χ2v) is 10.4. The molecule has 0 aliphatic carbocycles. The minimum Gasteiger partial charge on any atom is -0.280 e. The normalized spacial score (nSPS) is 11.6. The van der Waals surface area contributed by atoms with Crippen LogP contribution in [0.3, 0.4) is 0 Å². The Bertz CT molecular complexity index is 1690. The number of rotatable bonds is 7. The first kappa shape index (κ1) is 24.7. The van der Waals surface area contributed by atoms with Gasteiger partial charge in [-0.3, -0.25) is 14.7 Å². The first-order chi connectivity index (χ1) is 17.9. The van der Waals surface area contributed by atoms with Crippen LogP contribution in [-0.4, -0.2) is 29.4 Å². The van der Waals surface area contributed by atoms with Gasteiger partial charge in [0.1, 0.15) is 10.6 Å². The highest BCUT2D eigenvalue weighted by atomic mass is 35.5. The van der Waals surface area contributed by atoms with Gasteiger partial charge < -0.3 is 0 Å². The fourth-order valence-corrected chi connectivity index (χ4v) is 5.37. The Kier molecular flexibility index (Phi) is 7.05. The maximum absolute atomic E-state index is 13.0. The lowest BCUT2D eigenvalue weighted by atomic mass is 10.1. The van der Waals surface area contributed by atoms with E-state index in [2.05, 4.69) is 14.7 Å². The van der Waals surface area contributed by atoms with Crippen molar-refractivity contribution in [3.63, 3.8) is 0 Å². The van der Waals surface area contributed by atoms with Gasteiger partial charge in [0.2, 0.25) is 0 Å². The molecule has 5 rings (SSSR count). The molecule has 0 radical (unpaired) electrons. The van der Waals surface area contributed by atoms with E-state index < -0.39 is 10.0 Å². The van der Waals surface area contributed by atoms with E-state index in [0.29, 0.717) is 22.1 Å². The van der Waals surface area contributed by atoms with Crippen LogP contribution in [0.4, 0.5) is 11.4 Å². The predicted octanol–water partition coefficient (Wildman–Crippen LogP) is 6.79. The number of hydrogen-bond acceptors (Lipinski definition) is 5. The first-order valence-corrected chi connectivity index (χ1v) is 13.3. The second-order valence-electron chi connectivity index (χ2n) is 7.94. The first-order valence-electron chi connectivity index (χ1n) is 11.1. The topological polar surface area (TPSA) is 89.2 Å². The van der Waals surface area contributed by atoms with E-state index in [1.165, 1.54) is 18.2 Å². The summed E-state index contributed by atoms with van der Waals surface area (Å²) in [6.45, 7) is 0. The average Bonchev–Trinajstić information content (AvgIpc) is 3.33. The molecule has 0 atom stereocenters. The van der Waals surface area contributed by atoms with Crippen LogP contribution >= 0.6 is 23.2 Å². The summed E-state index contributed by atoms with van der Waals surface area (Å²) in [5, 5.41) is 5.21. The van der Waals surface area contributed by atoms with Crippen molar-refractivity contribution < 1.29 is 8.42 Å². The molecule has 2 aromatic heterocycles. The molecule has 1 N–H and O–H groups in total. The van der Waals surface area contributed by atoms with E-state index in [4.69, 9.17) is 28.3 Å². The maximum atomic E-state index is 13.0. The summed E-state index contributed by atoms with van der Waals surface area (Å²) >= 11 is 12.2. The monoisotopic (exact) mass is 547 g/mol. The van der Waals surface area contributed by atoms with E-state index >= 15 is 0 Å². The third-order valence-corrected chi connectivity index (χ3v) is 7.43. The quantitative estimate of drug-likeness (QED) is 0.227. The molecule has 0 aliphatic rings. The molecule has 0 saturated heterocycles. The van der Waals surface area contributed by atoms with Gasteiger partial charge in [-0.05, 0) is 60.7 Å². The lowest BCUT2D eigenvalue weighted by Crippen LogP contribution is -2.13. The highest BCUT2D eigenvalue weighted by Gasteiger charge is 2.19. The molecule has 10 heteroatoms. The minimum absolute atomic E-state index is 0.0708. The molecule has 5 aromatic rings. The molecule has 2 heterocycles. The number of pyridine rings is 1. The Hall–Kier alpha value is -3.98. The molecule has 3 aromatic carbocycles. The van der Waals surface area contributed by atoms with Gasteiger partial charge in [0.25, 0.3) is 10.0 Å². The molecule has 0 fully saturated rings. The molecule has 0 spiro atoms. The lowest BCUT2D eigenvalue weighted by Gasteiger charge is -2.10. The maximum Gasteiger partial charge on any atom is 0.263 e. The molecular weight excluding hydrogens is 529 g/mol. The molecule has 0 saturated carbocycles. The van der Waals surface area contributed by atoms with Crippen LogP contribution in [0.5, 0.6) is 0 Å². The van der Waals surface area contributed by atoms with E-state index in [-0.39, 0.29) is 9.92 Å². The van der Waals surface area contributed by atoms with Crippen molar-refractivity contribution in [3.05, 3.63) is 119 Å². The zero-order valence-electron chi connectivity index (χ0n) is 19.2. The summed E-state index contributed by atoms with van der Waals surface area (Å²) in [6.07, 6.45) is 6.91. The standard InChI is InChI=1S/C27H19Cl2N5O2S/c28-21-7-4-8-23(14-21)33-37(35,36)26-15-22(11-12-25(26)29)31-17-20-18-34(24-9-2-1-3-10-24)32-27(20)19-6-5-13-30-16-19/h1-18,33H. The number of halogens is 2. The van der Waals surface area contributed by atoms with Gasteiger partial charge in [-0.2, -0.15) is 5.10 Å². The minimum atomic E-state index is -3.99. The van der Waals surface area contributed by atoms with E-state index in [0.717, 1.165) is 16.8 Å². The van der Waals surface area contributed by atoms with Crippen LogP contribution in [0, 0.1) is 0 Å². The van der Waals surface area contributed by atoms with Crippen LogP contribution in [0.25, 0.3) is 16.9 Å². The summed E-state index contributed by atoms with van der Waals surface area (Å²) in [5.41, 5.74) is 3.86. The van der Waals surface area contributed by atoms with Gasteiger partial charge in [-0.15, -0.1) is 0 Å². The molecule has 184 valence electrons. The van der Waals surface area contributed by atoms with Gasteiger partial charge in [0, 0.05) is 41.0 Å². The largest absolute Gasteiger partial charge is 0.280 e. The second kappa shape index (κ2) is 10.6. The van der Waals surface area contributed by atoms with E-state index in [1.807, 2.05) is 48.7 Å². The summed E-state index contributed by atoms with van der Waals surface area (Å²) in [4.78, 5) is 8.63. The Morgan fingerprint density at radius 2 is 1.76 bits per heavy atom. The molecule has 37 heavy (non-hydrogen) atoms. The van der Waals surface area contributed by atoms with Crippen LogP contribution < -0.4 is 4.72 Å². The number of para-hydroxylation sites is 1. The number of nitrogens with zero attached hydrogens (tertiary/aromatic N) is 4. The van der Waals surface area contributed by atoms with Gasteiger partial charge >= 0.3 is 0 Å². The third-order valence-electron chi connectivity index (χ3n) is 5.33. The molecule has 0 unspecified atom stereocenters. The summed E-state index contributed by atoms with van der Waals surface area (Å²) < 4.78 is 30.4. The SMILES string of the molecule is O=S(=O)(Nc1cccc(Cl)c1)c1cc(N=Cc2cn(-c3ccccc3)nc2-c2cccnc2)ccc1Cl. The summed E-state index contributed by atoms with van der Waals surface area (Å²) in [7, 11) is -3.99. The molecule has 0 amide bonds. The number of hydrogen-bond donors (Lipinski definition) is 1. The zero-order valence-corrected chi connectivity index (χ0v) is 21.5. The number of nitrogens with one attached hydrogen (secondary N) is 1. The van der Waals surface area contributed by atoms with Crippen LogP contribution in [0.2, 0.25) is 10.0 Å². The Morgan fingerprint density at radius 3 is 2.51 bits per heavy atom. The van der Waals surface area contributed by atoms with Gasteiger partial charge in [0.05, 0.1) is 22.1 Å². The Balaban J connectivity index is 1.50. The molecule has 0 bridgehead atoms. The summed E-state index contributed by atoms with van der Waals surface area (Å²) in [5.74, 6) is 0. The van der Waals surface area contributed by atoms with Crippen molar-refractivity contribution in [2.75, 3.05) is 4.72 Å². The highest BCUT2D eigenvalue weighted by molar-refractivity contribution is 7.92. The van der Waals surface area contributed by atoms with Crippen molar-refractivity contribution in [1.29, 1.82) is 0 Å². The predicted molar refractivity (Wildman–Crippen MR) is 148 cm³/mol. The average molecular weight is 548 g/mol. The van der Waals surface area contributed by atoms with E-state index in [9.17, 15) is 8.42 Å². The Morgan fingerprint density at radius 1 is 0.919 bits per heavy atom. The molecule has 7 nitrogen and oxygen atoms in total. The number of anilines is 1. The van der Waals surface area contributed by atoms with Crippen LogP contribution in [0.15, 0.2) is 113 Å². The van der Waals surface area contributed by atoms with Crippen LogP contribution in [-0.2, 0) is 10.0 Å². The van der Waals surface area contributed by atoms with Crippen molar-refractivity contribution in [2.24, 2.45) is 4.99 Å². The Labute approximate surface area is 224 Å². The summed E-state index contributed by atoms with van der Waals surface area (Å²) in [6, 6.07) is 24.4. The van der Waals surface area contributed by atoms with Crippen molar-refractivity contribution in [2.45, 2.75) is 4.90 Å². The van der Waals surface area contributed by atoms with Crippen LogP contribution in [0.1, 0.15) is 5.56 Å². The lowest BCUT2D eigenvalue weighted by molar-refractivity contribution is 0.601. The zero-order chi connectivity index (χ0) is 25.8. The smallest absolute Gasteiger partial charge is 0.263 e. The fourth-order valence-electron chi connectivity index (χ4n) is 3.61. The van der Waals surface area contributed by atoms with Crippen molar-refractivity contribution in [3.8, 4) is 16.9 Å². The number of sulfonamides is 1. The van der Waals surface area contributed by atoms with Crippen molar-refractivity contribution in [1.82, 2.24) is 14.8 Å². The number of aliphatic imine (C=N–C) groups is 1. The van der Waals surface area contributed by atoms with Crippen molar-refractivity contribution >= 4 is 50.8 Å². The van der Waals surface area contributed by atoms with Gasteiger partial charge in [-0.25, -0.2) is 13.1 Å². The van der Waals surface area contributed by atoms with Gasteiger partial charge in [-0.1, -0.05) is 47.5 Å². The van der Waals surface area contributed by atoms with E-state index in [1.54, 1.807) is 47.6 Å². The molecule has 0 aliphatic heterocycles. The number of benzene rings is 3.